The molecule has 7 nitrogen and oxygen atoms in total. The Balaban J connectivity index is 0.00000306. The third-order valence-electron chi connectivity index (χ3n) is 5.51. The van der Waals surface area contributed by atoms with E-state index in [4.69, 9.17) is 4.99 Å². The first-order valence-corrected chi connectivity index (χ1v) is 11.2. The predicted octanol–water partition coefficient (Wildman–Crippen LogP) is 3.46. The number of halogens is 2. The molecule has 0 aliphatic carbocycles. The van der Waals surface area contributed by atoms with Crippen LogP contribution in [0.2, 0.25) is 0 Å². The molecular weight excluding hydrogens is 532 g/mol. The average molecular weight is 563 g/mol. The lowest BCUT2D eigenvalue weighted by Gasteiger charge is -2.20. The maximum atomic E-state index is 14.1. The summed E-state index contributed by atoms with van der Waals surface area (Å²) >= 11 is 0. The molecule has 4 rings (SSSR count). The Morgan fingerprint density at radius 1 is 1.15 bits per heavy atom. The van der Waals surface area contributed by atoms with Crippen LogP contribution in [0.4, 0.5) is 10.2 Å². The molecule has 1 atom stereocenters. The lowest BCUT2D eigenvalue weighted by atomic mass is 10.2. The van der Waals surface area contributed by atoms with Crippen LogP contribution in [-0.4, -0.2) is 52.7 Å². The molecule has 3 aromatic rings. The van der Waals surface area contributed by atoms with Crippen LogP contribution in [0.1, 0.15) is 24.7 Å². The fourth-order valence-corrected chi connectivity index (χ4v) is 3.95. The van der Waals surface area contributed by atoms with Crippen molar-refractivity contribution in [2.24, 2.45) is 4.99 Å². The van der Waals surface area contributed by atoms with Gasteiger partial charge in [-0.3, -0.25) is 4.99 Å². The lowest BCUT2D eigenvalue weighted by Crippen LogP contribution is -2.44. The van der Waals surface area contributed by atoms with E-state index in [1.807, 2.05) is 30.3 Å². The van der Waals surface area contributed by atoms with Crippen molar-refractivity contribution in [3.63, 3.8) is 0 Å². The molecule has 1 aliphatic rings. The van der Waals surface area contributed by atoms with Gasteiger partial charge in [0.1, 0.15) is 5.82 Å². The maximum absolute atomic E-state index is 14.1. The number of hydrogen-bond acceptors (Lipinski definition) is 4. The molecule has 2 N–H and O–H groups in total. The zero-order valence-corrected chi connectivity index (χ0v) is 21.2. The standard InChI is InChI=1S/C24H30FN7.HI/c1-2-26-24(30-20-11-15-32(18-20)23-21(25)9-6-12-28-23)29-13-10-22-27-14-16-31(22)17-19-7-4-3-5-8-19;/h3-9,12,14,16,20H,2,10-11,13,15,17-18H2,1H3,(H2,26,29,30);1H. The minimum absolute atomic E-state index is 0. The van der Waals surface area contributed by atoms with Crippen LogP contribution in [0.3, 0.4) is 0 Å². The number of guanidine groups is 1. The van der Waals surface area contributed by atoms with Gasteiger partial charge in [0.15, 0.2) is 17.6 Å². The van der Waals surface area contributed by atoms with Crippen LogP contribution in [-0.2, 0) is 13.0 Å². The summed E-state index contributed by atoms with van der Waals surface area (Å²) in [5, 5.41) is 6.80. The van der Waals surface area contributed by atoms with Gasteiger partial charge < -0.3 is 20.1 Å². The largest absolute Gasteiger partial charge is 0.357 e. The second-order valence-electron chi connectivity index (χ2n) is 7.85. The molecule has 176 valence electrons. The first kappa shape index (κ1) is 24.9. The molecule has 9 heteroatoms. The molecule has 3 heterocycles. The number of imidazole rings is 1. The smallest absolute Gasteiger partial charge is 0.191 e. The summed E-state index contributed by atoms with van der Waals surface area (Å²) in [6, 6.07) is 13.6. The predicted molar refractivity (Wildman–Crippen MR) is 141 cm³/mol. The topological polar surface area (TPSA) is 70.4 Å². The van der Waals surface area contributed by atoms with Crippen LogP contribution in [0.25, 0.3) is 0 Å². The molecule has 0 saturated carbocycles. The third kappa shape index (κ3) is 6.89. The number of benzene rings is 1. The molecule has 1 aliphatic heterocycles. The molecule has 0 radical (unpaired) electrons. The minimum Gasteiger partial charge on any atom is -0.357 e. The average Bonchev–Trinajstić information content (AvgIpc) is 3.45. The van der Waals surface area contributed by atoms with E-state index in [2.05, 4.69) is 49.4 Å². The number of aliphatic imine (C=N–C) groups is 1. The van der Waals surface area contributed by atoms with Crippen molar-refractivity contribution in [1.82, 2.24) is 25.2 Å². The van der Waals surface area contributed by atoms with E-state index >= 15 is 0 Å². The number of nitrogens with one attached hydrogen (secondary N) is 2. The zero-order chi connectivity index (χ0) is 22.2. The monoisotopic (exact) mass is 563 g/mol. The van der Waals surface area contributed by atoms with Gasteiger partial charge in [-0.2, -0.15) is 0 Å². The molecule has 0 amide bonds. The summed E-state index contributed by atoms with van der Waals surface area (Å²) in [6.45, 7) is 5.72. The number of anilines is 1. The second kappa shape index (κ2) is 12.5. The van der Waals surface area contributed by atoms with Gasteiger partial charge >= 0.3 is 0 Å². The Hall–Kier alpha value is -2.69. The van der Waals surface area contributed by atoms with Crippen LogP contribution in [0, 0.1) is 5.82 Å². The van der Waals surface area contributed by atoms with Crippen molar-refractivity contribution in [3.05, 3.63) is 78.3 Å². The molecule has 33 heavy (non-hydrogen) atoms. The van der Waals surface area contributed by atoms with Crippen LogP contribution >= 0.6 is 24.0 Å². The Bertz CT molecular complexity index is 1020. The van der Waals surface area contributed by atoms with Crippen molar-refractivity contribution in [3.8, 4) is 0 Å². The van der Waals surface area contributed by atoms with Gasteiger partial charge in [0, 0.05) is 63.8 Å². The van der Waals surface area contributed by atoms with E-state index < -0.39 is 0 Å². The first-order valence-electron chi connectivity index (χ1n) is 11.2. The highest BCUT2D eigenvalue weighted by molar-refractivity contribution is 14.0. The van der Waals surface area contributed by atoms with E-state index in [1.54, 1.807) is 12.3 Å². The second-order valence-corrected chi connectivity index (χ2v) is 7.85. The first-order chi connectivity index (χ1) is 15.7. The summed E-state index contributed by atoms with van der Waals surface area (Å²) in [7, 11) is 0. The zero-order valence-electron chi connectivity index (χ0n) is 18.8. The van der Waals surface area contributed by atoms with Crippen molar-refractivity contribution >= 4 is 35.8 Å². The van der Waals surface area contributed by atoms with Crippen molar-refractivity contribution < 1.29 is 4.39 Å². The van der Waals surface area contributed by atoms with E-state index in [-0.39, 0.29) is 35.8 Å². The van der Waals surface area contributed by atoms with Crippen LogP contribution < -0.4 is 15.5 Å². The van der Waals surface area contributed by atoms with Gasteiger partial charge in [0.05, 0.1) is 0 Å². The van der Waals surface area contributed by atoms with E-state index in [9.17, 15) is 4.39 Å². The number of nitrogens with zero attached hydrogens (tertiary/aromatic N) is 5. The van der Waals surface area contributed by atoms with E-state index in [0.29, 0.717) is 18.9 Å². The minimum atomic E-state index is -0.278. The molecule has 1 fully saturated rings. The highest BCUT2D eigenvalue weighted by Gasteiger charge is 2.25. The normalized spacial score (nSPS) is 15.9. The molecular formula is C24H31FIN7. The van der Waals surface area contributed by atoms with Crippen molar-refractivity contribution in [2.45, 2.75) is 32.4 Å². The highest BCUT2D eigenvalue weighted by Crippen LogP contribution is 2.20. The number of hydrogen-bond donors (Lipinski definition) is 2. The van der Waals surface area contributed by atoms with E-state index in [0.717, 1.165) is 44.3 Å². The number of rotatable bonds is 8. The maximum Gasteiger partial charge on any atom is 0.191 e. The molecule has 1 unspecified atom stereocenters. The molecule has 0 spiro atoms. The molecule has 1 aromatic carbocycles. The van der Waals surface area contributed by atoms with Gasteiger partial charge in [0.2, 0.25) is 0 Å². The third-order valence-corrected chi connectivity index (χ3v) is 5.51. The van der Waals surface area contributed by atoms with Gasteiger partial charge in [-0.15, -0.1) is 24.0 Å². The van der Waals surface area contributed by atoms with Gasteiger partial charge in [-0.25, -0.2) is 14.4 Å². The molecule has 1 saturated heterocycles. The fraction of sp³-hybridized carbons (Fsp3) is 0.375. The van der Waals surface area contributed by atoms with E-state index in [1.165, 1.54) is 11.6 Å². The summed E-state index contributed by atoms with van der Waals surface area (Å²) < 4.78 is 16.2. The number of aromatic nitrogens is 3. The molecule has 2 aromatic heterocycles. The highest BCUT2D eigenvalue weighted by atomic mass is 127. The Kier molecular flexibility index (Phi) is 9.47. The van der Waals surface area contributed by atoms with Crippen LogP contribution in [0.15, 0.2) is 66.0 Å². The van der Waals surface area contributed by atoms with Crippen LogP contribution in [0.5, 0.6) is 0 Å². The Morgan fingerprint density at radius 3 is 2.79 bits per heavy atom. The summed E-state index contributed by atoms with van der Waals surface area (Å²) in [4.78, 5) is 15.4. The molecule has 0 bridgehead atoms. The summed E-state index contributed by atoms with van der Waals surface area (Å²) in [6.07, 6.45) is 7.15. The van der Waals surface area contributed by atoms with Gasteiger partial charge in [0.25, 0.3) is 0 Å². The number of pyridine rings is 1. The van der Waals surface area contributed by atoms with Gasteiger partial charge in [-0.1, -0.05) is 30.3 Å². The summed E-state index contributed by atoms with van der Waals surface area (Å²) in [5.74, 6) is 1.94. The Morgan fingerprint density at radius 2 is 2.00 bits per heavy atom. The van der Waals surface area contributed by atoms with Gasteiger partial charge in [-0.05, 0) is 31.0 Å². The fourth-order valence-electron chi connectivity index (χ4n) is 3.95. The Labute approximate surface area is 211 Å². The van der Waals surface area contributed by atoms with Crippen molar-refractivity contribution in [1.29, 1.82) is 0 Å². The summed E-state index contributed by atoms with van der Waals surface area (Å²) in [5.41, 5.74) is 1.25. The SMILES string of the molecule is CCNC(=NCCc1nccn1Cc1ccccc1)NC1CCN(c2ncccc2F)C1.I. The quantitative estimate of drug-likeness (QED) is 0.250. The lowest BCUT2D eigenvalue weighted by molar-refractivity contribution is 0.612. The van der Waals surface area contributed by atoms with Crippen molar-refractivity contribution in [2.75, 3.05) is 31.1 Å².